The second-order valence-electron chi connectivity index (χ2n) is 6.74. The Kier molecular flexibility index (Phi) is 5.65. The summed E-state index contributed by atoms with van der Waals surface area (Å²) in [5, 5.41) is 6.70. The van der Waals surface area contributed by atoms with Crippen LogP contribution < -0.4 is 10.6 Å². The Balaban J connectivity index is 1.57. The fraction of sp³-hybridized carbons (Fsp3) is 0.238. The standard InChI is InChI=1S/C21H22BrN3O2/c1-12-8-14(3)16-11-19(24-18(16)9-12)21(27)23-7-6-20(26)25-17-10-15(22)5-4-13(17)2/h4-5,8-11,24H,6-7H2,1-3H3,(H,23,27)(H,25,26). The van der Waals surface area contributed by atoms with Gasteiger partial charge in [-0.25, -0.2) is 0 Å². The zero-order chi connectivity index (χ0) is 19.6. The Labute approximate surface area is 166 Å². The summed E-state index contributed by atoms with van der Waals surface area (Å²) in [6.07, 6.45) is 0.204. The van der Waals surface area contributed by atoms with Crippen molar-refractivity contribution in [2.24, 2.45) is 0 Å². The smallest absolute Gasteiger partial charge is 0.267 e. The number of H-pyrrole nitrogens is 1. The number of aryl methyl sites for hydroxylation is 3. The van der Waals surface area contributed by atoms with E-state index in [1.54, 1.807) is 0 Å². The first-order valence-corrected chi connectivity index (χ1v) is 9.57. The molecule has 3 rings (SSSR count). The van der Waals surface area contributed by atoms with E-state index in [0.717, 1.165) is 37.8 Å². The lowest BCUT2D eigenvalue weighted by Gasteiger charge is -2.09. The molecule has 0 aliphatic rings. The minimum Gasteiger partial charge on any atom is -0.351 e. The van der Waals surface area contributed by atoms with Gasteiger partial charge in [0.15, 0.2) is 0 Å². The Hall–Kier alpha value is -2.60. The van der Waals surface area contributed by atoms with Gasteiger partial charge in [-0.2, -0.15) is 0 Å². The number of carbonyl (C=O) groups excluding carboxylic acids is 2. The summed E-state index contributed by atoms with van der Waals surface area (Å²) in [6.45, 7) is 6.26. The van der Waals surface area contributed by atoms with Gasteiger partial charge in [-0.1, -0.05) is 28.1 Å². The molecule has 1 aromatic heterocycles. The maximum Gasteiger partial charge on any atom is 0.267 e. The van der Waals surface area contributed by atoms with Gasteiger partial charge in [0.05, 0.1) is 0 Å². The van der Waals surface area contributed by atoms with Crippen LogP contribution in [0.5, 0.6) is 0 Å². The van der Waals surface area contributed by atoms with Crippen molar-refractivity contribution in [3.05, 3.63) is 63.3 Å². The van der Waals surface area contributed by atoms with Crippen LogP contribution >= 0.6 is 15.9 Å². The van der Waals surface area contributed by atoms with Gasteiger partial charge in [-0.3, -0.25) is 9.59 Å². The molecule has 6 heteroatoms. The Bertz CT molecular complexity index is 1020. The Morgan fingerprint density at radius 3 is 2.59 bits per heavy atom. The molecule has 0 saturated heterocycles. The summed E-state index contributed by atoms with van der Waals surface area (Å²) in [4.78, 5) is 27.7. The highest BCUT2D eigenvalue weighted by molar-refractivity contribution is 9.10. The van der Waals surface area contributed by atoms with E-state index in [2.05, 4.69) is 37.6 Å². The molecule has 0 bridgehead atoms. The third-order valence-electron chi connectivity index (χ3n) is 4.45. The number of benzene rings is 2. The van der Waals surface area contributed by atoms with Crippen LogP contribution in [-0.4, -0.2) is 23.3 Å². The number of amides is 2. The lowest BCUT2D eigenvalue weighted by atomic mass is 10.1. The third-order valence-corrected chi connectivity index (χ3v) is 4.94. The average molecular weight is 428 g/mol. The Morgan fingerprint density at radius 1 is 1.04 bits per heavy atom. The molecule has 5 nitrogen and oxygen atoms in total. The molecular formula is C21H22BrN3O2. The lowest BCUT2D eigenvalue weighted by Crippen LogP contribution is -2.28. The first-order chi connectivity index (χ1) is 12.8. The van der Waals surface area contributed by atoms with Crippen molar-refractivity contribution in [3.63, 3.8) is 0 Å². The predicted octanol–water partition coefficient (Wildman–Crippen LogP) is 4.61. The van der Waals surface area contributed by atoms with Gasteiger partial charge >= 0.3 is 0 Å². The highest BCUT2D eigenvalue weighted by Crippen LogP contribution is 2.22. The van der Waals surface area contributed by atoms with Crippen molar-refractivity contribution in [2.45, 2.75) is 27.2 Å². The number of carbonyl (C=O) groups is 2. The summed E-state index contributed by atoms with van der Waals surface area (Å²) in [5.74, 6) is -0.352. The number of fused-ring (bicyclic) bond motifs is 1. The first-order valence-electron chi connectivity index (χ1n) is 8.77. The zero-order valence-corrected chi connectivity index (χ0v) is 17.2. The largest absolute Gasteiger partial charge is 0.351 e. The summed E-state index contributed by atoms with van der Waals surface area (Å²) >= 11 is 3.40. The normalized spacial score (nSPS) is 10.8. The summed E-state index contributed by atoms with van der Waals surface area (Å²) in [5.41, 5.74) is 5.47. The quantitative estimate of drug-likeness (QED) is 0.555. The van der Waals surface area contributed by atoms with Gasteiger partial charge in [0, 0.05) is 34.0 Å². The molecule has 0 aliphatic heterocycles. The van der Waals surface area contributed by atoms with Crippen molar-refractivity contribution in [1.29, 1.82) is 0 Å². The highest BCUT2D eigenvalue weighted by Gasteiger charge is 2.12. The van der Waals surface area contributed by atoms with E-state index in [9.17, 15) is 9.59 Å². The van der Waals surface area contributed by atoms with Gasteiger partial charge < -0.3 is 15.6 Å². The van der Waals surface area contributed by atoms with E-state index in [-0.39, 0.29) is 24.8 Å². The molecule has 2 aromatic carbocycles. The van der Waals surface area contributed by atoms with E-state index < -0.39 is 0 Å². The second-order valence-corrected chi connectivity index (χ2v) is 7.66. The Morgan fingerprint density at radius 2 is 1.81 bits per heavy atom. The SMILES string of the molecule is Cc1cc(C)c2cc(C(=O)NCCC(=O)Nc3cc(Br)ccc3C)[nH]c2c1. The molecular weight excluding hydrogens is 406 g/mol. The summed E-state index contributed by atoms with van der Waals surface area (Å²) < 4.78 is 0.904. The summed E-state index contributed by atoms with van der Waals surface area (Å²) in [7, 11) is 0. The van der Waals surface area contributed by atoms with E-state index in [1.165, 1.54) is 0 Å². The van der Waals surface area contributed by atoms with E-state index in [1.807, 2.05) is 51.1 Å². The summed E-state index contributed by atoms with van der Waals surface area (Å²) in [6, 6.07) is 11.7. The molecule has 0 aliphatic carbocycles. The van der Waals surface area contributed by atoms with Crippen molar-refractivity contribution in [1.82, 2.24) is 10.3 Å². The maximum absolute atomic E-state index is 12.4. The van der Waals surface area contributed by atoms with Crippen LogP contribution in [0.3, 0.4) is 0 Å². The topological polar surface area (TPSA) is 74.0 Å². The monoisotopic (exact) mass is 427 g/mol. The maximum atomic E-state index is 12.4. The average Bonchev–Trinajstić information content (AvgIpc) is 3.02. The van der Waals surface area contributed by atoms with Gasteiger partial charge in [0.25, 0.3) is 5.91 Å². The van der Waals surface area contributed by atoms with E-state index >= 15 is 0 Å². The molecule has 2 amide bonds. The number of aromatic amines is 1. The molecule has 0 atom stereocenters. The van der Waals surface area contributed by atoms with Crippen LogP contribution in [-0.2, 0) is 4.79 Å². The molecule has 3 aromatic rings. The van der Waals surface area contributed by atoms with Gasteiger partial charge in [0.1, 0.15) is 5.69 Å². The van der Waals surface area contributed by atoms with Crippen LogP contribution in [0.4, 0.5) is 5.69 Å². The fourth-order valence-corrected chi connectivity index (χ4v) is 3.41. The predicted molar refractivity (Wildman–Crippen MR) is 112 cm³/mol. The molecule has 0 fully saturated rings. The lowest BCUT2D eigenvalue weighted by molar-refractivity contribution is -0.116. The highest BCUT2D eigenvalue weighted by atomic mass is 79.9. The number of anilines is 1. The van der Waals surface area contributed by atoms with Crippen LogP contribution in [0.25, 0.3) is 10.9 Å². The molecule has 27 heavy (non-hydrogen) atoms. The van der Waals surface area contributed by atoms with Gasteiger partial charge in [-0.15, -0.1) is 0 Å². The van der Waals surface area contributed by atoms with E-state index in [0.29, 0.717) is 5.69 Å². The van der Waals surface area contributed by atoms with Gasteiger partial charge in [0.2, 0.25) is 5.91 Å². The van der Waals surface area contributed by atoms with Crippen molar-refractivity contribution in [2.75, 3.05) is 11.9 Å². The van der Waals surface area contributed by atoms with Crippen LogP contribution in [0.15, 0.2) is 40.9 Å². The molecule has 0 spiro atoms. The van der Waals surface area contributed by atoms with Crippen LogP contribution in [0, 0.1) is 20.8 Å². The molecule has 0 radical (unpaired) electrons. The van der Waals surface area contributed by atoms with E-state index in [4.69, 9.17) is 0 Å². The molecule has 140 valence electrons. The van der Waals surface area contributed by atoms with Crippen molar-refractivity contribution < 1.29 is 9.59 Å². The van der Waals surface area contributed by atoms with Gasteiger partial charge in [-0.05, 0) is 61.7 Å². The number of halogens is 1. The minimum atomic E-state index is -0.213. The zero-order valence-electron chi connectivity index (χ0n) is 15.6. The van der Waals surface area contributed by atoms with Crippen molar-refractivity contribution in [3.8, 4) is 0 Å². The molecule has 3 N–H and O–H groups in total. The fourth-order valence-electron chi connectivity index (χ4n) is 3.05. The third kappa shape index (κ3) is 4.57. The molecule has 0 saturated carbocycles. The minimum absolute atomic E-state index is 0.139. The number of rotatable bonds is 5. The molecule has 0 unspecified atom stereocenters. The van der Waals surface area contributed by atoms with Crippen LogP contribution in [0.1, 0.15) is 33.6 Å². The number of hydrogen-bond donors (Lipinski definition) is 3. The van der Waals surface area contributed by atoms with Crippen LogP contribution in [0.2, 0.25) is 0 Å². The number of aromatic nitrogens is 1. The molecule has 1 heterocycles. The number of hydrogen-bond acceptors (Lipinski definition) is 2. The number of nitrogens with one attached hydrogen (secondary N) is 3. The second kappa shape index (κ2) is 7.96. The first kappa shape index (κ1) is 19.2. The van der Waals surface area contributed by atoms with Crippen molar-refractivity contribution >= 4 is 44.3 Å².